The molecule has 0 bridgehead atoms. The first kappa shape index (κ1) is 17.2. The van der Waals surface area contributed by atoms with Crippen LogP contribution in [0.1, 0.15) is 31.9 Å². The summed E-state index contributed by atoms with van der Waals surface area (Å²) in [5, 5.41) is 0.299. The minimum atomic E-state index is -0.431. The van der Waals surface area contributed by atoms with Crippen molar-refractivity contribution in [3.63, 3.8) is 0 Å². The van der Waals surface area contributed by atoms with Gasteiger partial charge >= 0.3 is 0 Å². The van der Waals surface area contributed by atoms with Gasteiger partial charge in [-0.2, -0.15) is 0 Å². The second kappa shape index (κ2) is 8.47. The SMILES string of the molecule is CC.CCc1ccc(OCc2c(F)cccc2Cl)[nH]c1=O. The maximum Gasteiger partial charge on any atom is 0.253 e. The molecule has 1 aromatic heterocycles. The Kier molecular flexibility index (Phi) is 6.96. The van der Waals surface area contributed by atoms with Crippen molar-refractivity contribution in [1.82, 2.24) is 4.98 Å². The van der Waals surface area contributed by atoms with Gasteiger partial charge in [-0.25, -0.2) is 4.39 Å². The third-order valence-corrected chi connectivity index (χ3v) is 3.13. The Morgan fingerprint density at radius 3 is 2.52 bits per heavy atom. The minimum absolute atomic E-state index is 0.0348. The van der Waals surface area contributed by atoms with Crippen molar-refractivity contribution >= 4 is 11.6 Å². The highest BCUT2D eigenvalue weighted by Crippen LogP contribution is 2.20. The van der Waals surface area contributed by atoms with E-state index in [1.54, 1.807) is 18.2 Å². The number of aromatic nitrogens is 1. The van der Waals surface area contributed by atoms with Gasteiger partial charge in [-0.1, -0.05) is 38.4 Å². The van der Waals surface area contributed by atoms with E-state index >= 15 is 0 Å². The van der Waals surface area contributed by atoms with Crippen molar-refractivity contribution in [3.05, 3.63) is 62.7 Å². The summed E-state index contributed by atoms with van der Waals surface area (Å²) in [6.07, 6.45) is 0.648. The normalized spacial score (nSPS) is 9.76. The van der Waals surface area contributed by atoms with Gasteiger partial charge in [0, 0.05) is 11.1 Å². The number of aromatic amines is 1. The minimum Gasteiger partial charge on any atom is -0.474 e. The van der Waals surface area contributed by atoms with Gasteiger partial charge in [-0.05, 0) is 30.7 Å². The summed E-state index contributed by atoms with van der Waals surface area (Å²) >= 11 is 5.88. The molecule has 5 heteroatoms. The molecule has 0 aliphatic rings. The van der Waals surface area contributed by atoms with Crippen LogP contribution in [0.5, 0.6) is 5.88 Å². The summed E-state index contributed by atoms with van der Waals surface area (Å²) in [4.78, 5) is 14.2. The van der Waals surface area contributed by atoms with Gasteiger partial charge in [0.15, 0.2) is 5.88 Å². The number of aryl methyl sites for hydroxylation is 1. The number of pyridine rings is 1. The molecule has 0 amide bonds. The fourth-order valence-electron chi connectivity index (χ4n) is 1.67. The van der Waals surface area contributed by atoms with E-state index in [0.29, 0.717) is 22.9 Å². The molecule has 0 aliphatic carbocycles. The molecular weight excluding hydrogens is 293 g/mol. The van der Waals surface area contributed by atoms with Crippen molar-refractivity contribution in [2.75, 3.05) is 0 Å². The maximum atomic E-state index is 13.5. The topological polar surface area (TPSA) is 42.1 Å². The molecule has 21 heavy (non-hydrogen) atoms. The molecule has 0 spiro atoms. The van der Waals surface area contributed by atoms with Crippen LogP contribution in [0.15, 0.2) is 35.1 Å². The van der Waals surface area contributed by atoms with E-state index in [1.807, 2.05) is 20.8 Å². The van der Waals surface area contributed by atoms with Crippen LogP contribution >= 0.6 is 11.6 Å². The molecule has 1 heterocycles. The molecule has 0 saturated carbocycles. The summed E-state index contributed by atoms with van der Waals surface area (Å²) in [6.45, 7) is 5.86. The second-order valence-electron chi connectivity index (χ2n) is 4.02. The number of hydrogen-bond donors (Lipinski definition) is 1. The highest BCUT2D eigenvalue weighted by Gasteiger charge is 2.08. The molecule has 2 aromatic rings. The zero-order chi connectivity index (χ0) is 15.8. The fourth-order valence-corrected chi connectivity index (χ4v) is 1.89. The molecule has 0 unspecified atom stereocenters. The van der Waals surface area contributed by atoms with E-state index in [2.05, 4.69) is 4.98 Å². The zero-order valence-corrected chi connectivity index (χ0v) is 13.1. The Hall–Kier alpha value is -1.81. The van der Waals surface area contributed by atoms with Gasteiger partial charge < -0.3 is 4.74 Å². The lowest BCUT2D eigenvalue weighted by atomic mass is 10.2. The Labute approximate surface area is 128 Å². The Bertz CT molecular complexity index is 620. The van der Waals surface area contributed by atoms with Crippen LogP contribution in [0.3, 0.4) is 0 Å². The molecular formula is C16H19ClFNO2. The van der Waals surface area contributed by atoms with Crippen LogP contribution in [-0.2, 0) is 13.0 Å². The van der Waals surface area contributed by atoms with Crippen LogP contribution in [0.2, 0.25) is 5.02 Å². The smallest absolute Gasteiger partial charge is 0.253 e. The van der Waals surface area contributed by atoms with Crippen molar-refractivity contribution in [3.8, 4) is 5.88 Å². The predicted molar refractivity (Wildman–Crippen MR) is 83.5 cm³/mol. The predicted octanol–water partition coefficient (Wildman–Crippen LogP) is 4.34. The average molecular weight is 312 g/mol. The first-order valence-corrected chi connectivity index (χ1v) is 7.27. The first-order valence-electron chi connectivity index (χ1n) is 6.89. The molecule has 1 N–H and O–H groups in total. The van der Waals surface area contributed by atoms with E-state index < -0.39 is 5.82 Å². The number of ether oxygens (including phenoxy) is 1. The number of H-pyrrole nitrogens is 1. The van der Waals surface area contributed by atoms with Crippen LogP contribution in [0.4, 0.5) is 4.39 Å². The first-order chi connectivity index (χ1) is 10.1. The van der Waals surface area contributed by atoms with Gasteiger partial charge in [0.1, 0.15) is 12.4 Å². The van der Waals surface area contributed by atoms with Gasteiger partial charge in [-0.15, -0.1) is 0 Å². The third-order valence-electron chi connectivity index (χ3n) is 2.78. The molecule has 0 saturated heterocycles. The summed E-state index contributed by atoms with van der Waals surface area (Å²) in [5.74, 6) is -0.137. The van der Waals surface area contributed by atoms with Gasteiger partial charge in [0.05, 0.1) is 5.02 Å². The van der Waals surface area contributed by atoms with Crippen LogP contribution in [0.25, 0.3) is 0 Å². The maximum absolute atomic E-state index is 13.5. The van der Waals surface area contributed by atoms with Crippen molar-refractivity contribution < 1.29 is 9.13 Å². The number of hydrogen-bond acceptors (Lipinski definition) is 2. The summed E-state index contributed by atoms with van der Waals surface area (Å²) in [7, 11) is 0. The van der Waals surface area contributed by atoms with Crippen LogP contribution in [0, 0.1) is 5.82 Å². The van der Waals surface area contributed by atoms with Crippen LogP contribution in [-0.4, -0.2) is 4.98 Å². The molecule has 2 rings (SSSR count). The summed E-state index contributed by atoms with van der Waals surface area (Å²) < 4.78 is 18.9. The number of halogens is 2. The lowest BCUT2D eigenvalue weighted by molar-refractivity contribution is 0.287. The lowest BCUT2D eigenvalue weighted by Gasteiger charge is -2.08. The van der Waals surface area contributed by atoms with Gasteiger partial charge in [0.2, 0.25) is 0 Å². The van der Waals surface area contributed by atoms with Crippen LogP contribution < -0.4 is 10.3 Å². The van der Waals surface area contributed by atoms with E-state index in [0.717, 1.165) is 0 Å². The average Bonchev–Trinajstić information content (AvgIpc) is 2.49. The largest absolute Gasteiger partial charge is 0.474 e. The van der Waals surface area contributed by atoms with Crippen molar-refractivity contribution in [1.29, 1.82) is 0 Å². The molecule has 0 atom stereocenters. The van der Waals surface area contributed by atoms with E-state index in [4.69, 9.17) is 16.3 Å². The summed E-state index contributed by atoms with van der Waals surface area (Å²) in [5.41, 5.74) is 0.750. The highest BCUT2D eigenvalue weighted by molar-refractivity contribution is 6.31. The van der Waals surface area contributed by atoms with E-state index in [1.165, 1.54) is 12.1 Å². The zero-order valence-electron chi connectivity index (χ0n) is 12.4. The Morgan fingerprint density at radius 2 is 1.95 bits per heavy atom. The number of rotatable bonds is 4. The Morgan fingerprint density at radius 1 is 1.24 bits per heavy atom. The lowest BCUT2D eigenvalue weighted by Crippen LogP contribution is -2.13. The number of nitrogens with one attached hydrogen (secondary N) is 1. The summed E-state index contributed by atoms with van der Waals surface area (Å²) in [6, 6.07) is 7.77. The molecule has 0 aliphatic heterocycles. The molecule has 0 radical (unpaired) electrons. The molecule has 0 fully saturated rings. The number of benzene rings is 1. The van der Waals surface area contributed by atoms with Crippen molar-refractivity contribution in [2.45, 2.75) is 33.8 Å². The monoisotopic (exact) mass is 311 g/mol. The van der Waals surface area contributed by atoms with E-state index in [9.17, 15) is 9.18 Å². The highest BCUT2D eigenvalue weighted by atomic mass is 35.5. The molecule has 114 valence electrons. The van der Waals surface area contributed by atoms with Gasteiger partial charge in [-0.3, -0.25) is 9.78 Å². The Balaban J connectivity index is 0.00000106. The molecule has 1 aromatic carbocycles. The van der Waals surface area contributed by atoms with E-state index in [-0.39, 0.29) is 17.7 Å². The van der Waals surface area contributed by atoms with Crippen molar-refractivity contribution in [2.24, 2.45) is 0 Å². The second-order valence-corrected chi connectivity index (χ2v) is 4.43. The molecule has 3 nitrogen and oxygen atoms in total. The quantitative estimate of drug-likeness (QED) is 0.913. The van der Waals surface area contributed by atoms with Gasteiger partial charge in [0.25, 0.3) is 5.56 Å². The standard InChI is InChI=1S/C14H13ClFNO2.C2H6/c1-2-9-6-7-13(17-14(9)18)19-8-10-11(15)4-3-5-12(10)16;1-2/h3-7H,2,8H2,1H3,(H,17,18);1-2H3. The third kappa shape index (κ3) is 4.60. The fraction of sp³-hybridized carbons (Fsp3) is 0.312.